The zero-order valence-electron chi connectivity index (χ0n) is 10.8. The normalized spacial score (nSPS) is 21.6. The van der Waals surface area contributed by atoms with Gasteiger partial charge in [0.05, 0.1) is 0 Å². The van der Waals surface area contributed by atoms with Crippen molar-refractivity contribution in [3.8, 4) is 0 Å². The van der Waals surface area contributed by atoms with Gasteiger partial charge in [0.15, 0.2) is 0 Å². The summed E-state index contributed by atoms with van der Waals surface area (Å²) in [4.78, 5) is 0. The lowest BCUT2D eigenvalue weighted by Crippen LogP contribution is -2.34. The third-order valence-corrected chi connectivity index (χ3v) is 3.68. The van der Waals surface area contributed by atoms with E-state index in [1.807, 2.05) is 0 Å². The molecule has 1 aromatic carbocycles. The van der Waals surface area contributed by atoms with Gasteiger partial charge in [0, 0.05) is 12.6 Å². The molecule has 0 aromatic heterocycles. The molecular formula is C15H24N2. The molecule has 17 heavy (non-hydrogen) atoms. The summed E-state index contributed by atoms with van der Waals surface area (Å²) in [5.41, 5.74) is 1.45. The first-order valence-electron chi connectivity index (χ1n) is 6.85. The SMILES string of the molecule is CC(CCNCC1CCCN1)c1ccccc1. The van der Waals surface area contributed by atoms with Crippen LogP contribution in [0.2, 0.25) is 0 Å². The van der Waals surface area contributed by atoms with Crippen LogP contribution in [0.5, 0.6) is 0 Å². The molecular weight excluding hydrogens is 208 g/mol. The first kappa shape index (κ1) is 12.6. The fourth-order valence-electron chi connectivity index (χ4n) is 2.47. The van der Waals surface area contributed by atoms with Gasteiger partial charge in [-0.25, -0.2) is 0 Å². The van der Waals surface area contributed by atoms with Crippen LogP contribution in [0, 0.1) is 0 Å². The van der Waals surface area contributed by atoms with Gasteiger partial charge in [0.2, 0.25) is 0 Å². The summed E-state index contributed by atoms with van der Waals surface area (Å²) in [5, 5.41) is 7.08. The number of rotatable bonds is 6. The highest BCUT2D eigenvalue weighted by Crippen LogP contribution is 2.17. The Balaban J connectivity index is 1.61. The van der Waals surface area contributed by atoms with E-state index < -0.39 is 0 Å². The van der Waals surface area contributed by atoms with Crippen molar-refractivity contribution in [3.05, 3.63) is 35.9 Å². The second kappa shape index (κ2) is 6.77. The molecule has 0 radical (unpaired) electrons. The fourth-order valence-corrected chi connectivity index (χ4v) is 2.47. The van der Waals surface area contributed by atoms with Gasteiger partial charge in [-0.3, -0.25) is 0 Å². The zero-order valence-corrected chi connectivity index (χ0v) is 10.8. The third kappa shape index (κ3) is 4.14. The van der Waals surface area contributed by atoms with E-state index in [0.29, 0.717) is 12.0 Å². The lowest BCUT2D eigenvalue weighted by atomic mass is 9.98. The molecule has 1 heterocycles. The Hall–Kier alpha value is -0.860. The summed E-state index contributed by atoms with van der Waals surface area (Å²) in [5.74, 6) is 0.653. The predicted molar refractivity (Wildman–Crippen MR) is 73.4 cm³/mol. The summed E-state index contributed by atoms with van der Waals surface area (Å²) in [6, 6.07) is 11.5. The van der Waals surface area contributed by atoms with Gasteiger partial charge >= 0.3 is 0 Å². The summed E-state index contributed by atoms with van der Waals surface area (Å²) >= 11 is 0. The van der Waals surface area contributed by atoms with Crippen molar-refractivity contribution < 1.29 is 0 Å². The van der Waals surface area contributed by atoms with Crippen LogP contribution in [0.25, 0.3) is 0 Å². The molecule has 0 spiro atoms. The second-order valence-corrected chi connectivity index (χ2v) is 5.10. The van der Waals surface area contributed by atoms with Gasteiger partial charge in [-0.1, -0.05) is 37.3 Å². The smallest absolute Gasteiger partial charge is 0.0192 e. The van der Waals surface area contributed by atoms with Gasteiger partial charge in [0.1, 0.15) is 0 Å². The predicted octanol–water partition coefficient (Wildman–Crippen LogP) is 2.52. The molecule has 1 aromatic rings. The highest BCUT2D eigenvalue weighted by atomic mass is 15.0. The summed E-state index contributed by atoms with van der Waals surface area (Å²) in [6.45, 7) is 5.76. The van der Waals surface area contributed by atoms with E-state index >= 15 is 0 Å². The van der Waals surface area contributed by atoms with Crippen LogP contribution in [0.15, 0.2) is 30.3 Å². The minimum atomic E-state index is 0.653. The van der Waals surface area contributed by atoms with Crippen molar-refractivity contribution >= 4 is 0 Å². The topological polar surface area (TPSA) is 24.1 Å². The Bertz CT molecular complexity index is 304. The van der Waals surface area contributed by atoms with Crippen LogP contribution in [0.3, 0.4) is 0 Å². The van der Waals surface area contributed by atoms with Crippen molar-refractivity contribution in [2.75, 3.05) is 19.6 Å². The van der Waals surface area contributed by atoms with E-state index in [1.54, 1.807) is 0 Å². The highest BCUT2D eigenvalue weighted by Gasteiger charge is 2.12. The lowest BCUT2D eigenvalue weighted by Gasteiger charge is -2.14. The van der Waals surface area contributed by atoms with E-state index in [2.05, 4.69) is 47.9 Å². The van der Waals surface area contributed by atoms with Crippen LogP contribution in [-0.2, 0) is 0 Å². The molecule has 94 valence electrons. The van der Waals surface area contributed by atoms with Gasteiger partial charge in [-0.05, 0) is 43.8 Å². The minimum absolute atomic E-state index is 0.653. The van der Waals surface area contributed by atoms with E-state index in [9.17, 15) is 0 Å². The fraction of sp³-hybridized carbons (Fsp3) is 0.600. The zero-order chi connectivity index (χ0) is 11.9. The minimum Gasteiger partial charge on any atom is -0.315 e. The molecule has 2 unspecified atom stereocenters. The van der Waals surface area contributed by atoms with E-state index in [4.69, 9.17) is 0 Å². The molecule has 0 bridgehead atoms. The maximum Gasteiger partial charge on any atom is 0.0192 e. The Morgan fingerprint density at radius 2 is 2.18 bits per heavy atom. The molecule has 1 aliphatic rings. The third-order valence-electron chi connectivity index (χ3n) is 3.68. The molecule has 2 N–H and O–H groups in total. The Morgan fingerprint density at radius 3 is 2.88 bits per heavy atom. The Kier molecular flexibility index (Phi) is 5.02. The van der Waals surface area contributed by atoms with Crippen molar-refractivity contribution in [1.82, 2.24) is 10.6 Å². The molecule has 2 rings (SSSR count). The van der Waals surface area contributed by atoms with Crippen molar-refractivity contribution in [2.24, 2.45) is 0 Å². The summed E-state index contributed by atoms with van der Waals surface area (Å²) in [7, 11) is 0. The van der Waals surface area contributed by atoms with Crippen LogP contribution in [0.1, 0.15) is 37.7 Å². The molecule has 2 nitrogen and oxygen atoms in total. The molecule has 0 saturated carbocycles. The maximum atomic E-state index is 3.57. The molecule has 1 fully saturated rings. The standard InChI is InChI=1S/C15H24N2/c1-13(14-6-3-2-4-7-14)9-11-16-12-15-8-5-10-17-15/h2-4,6-7,13,15-17H,5,8-12H2,1H3. The second-order valence-electron chi connectivity index (χ2n) is 5.10. The number of hydrogen-bond donors (Lipinski definition) is 2. The maximum absolute atomic E-state index is 3.57. The van der Waals surface area contributed by atoms with Crippen molar-refractivity contribution in [3.63, 3.8) is 0 Å². The number of nitrogens with one attached hydrogen (secondary N) is 2. The first-order valence-corrected chi connectivity index (χ1v) is 6.85. The Morgan fingerprint density at radius 1 is 1.35 bits per heavy atom. The molecule has 1 saturated heterocycles. The summed E-state index contributed by atoms with van der Waals surface area (Å²) in [6.07, 6.45) is 3.89. The molecule has 1 aliphatic heterocycles. The molecule has 0 amide bonds. The van der Waals surface area contributed by atoms with Gasteiger partial charge in [-0.2, -0.15) is 0 Å². The molecule has 2 heteroatoms. The monoisotopic (exact) mass is 232 g/mol. The van der Waals surface area contributed by atoms with Crippen molar-refractivity contribution in [1.29, 1.82) is 0 Å². The first-order chi connectivity index (χ1) is 8.36. The van der Waals surface area contributed by atoms with Gasteiger partial charge < -0.3 is 10.6 Å². The van der Waals surface area contributed by atoms with Crippen LogP contribution in [0.4, 0.5) is 0 Å². The quantitative estimate of drug-likeness (QED) is 0.737. The van der Waals surface area contributed by atoms with E-state index in [-0.39, 0.29) is 0 Å². The molecule has 2 atom stereocenters. The van der Waals surface area contributed by atoms with E-state index in [0.717, 1.165) is 13.1 Å². The number of hydrogen-bond acceptors (Lipinski definition) is 2. The number of benzene rings is 1. The highest BCUT2D eigenvalue weighted by molar-refractivity contribution is 5.18. The van der Waals surface area contributed by atoms with Gasteiger partial charge in [0.25, 0.3) is 0 Å². The summed E-state index contributed by atoms with van der Waals surface area (Å²) < 4.78 is 0. The molecule has 0 aliphatic carbocycles. The van der Waals surface area contributed by atoms with Gasteiger partial charge in [-0.15, -0.1) is 0 Å². The van der Waals surface area contributed by atoms with Crippen LogP contribution < -0.4 is 10.6 Å². The van der Waals surface area contributed by atoms with E-state index in [1.165, 1.54) is 31.4 Å². The Labute approximate surface area is 105 Å². The average molecular weight is 232 g/mol. The van der Waals surface area contributed by atoms with Crippen molar-refractivity contribution in [2.45, 2.75) is 38.1 Å². The van der Waals surface area contributed by atoms with Crippen LogP contribution >= 0.6 is 0 Å². The lowest BCUT2D eigenvalue weighted by molar-refractivity contribution is 0.515. The average Bonchev–Trinajstić information content (AvgIpc) is 2.88. The largest absolute Gasteiger partial charge is 0.315 e. The van der Waals surface area contributed by atoms with Crippen LogP contribution in [-0.4, -0.2) is 25.7 Å².